The molecule has 5 nitrogen and oxygen atoms in total. The zero-order valence-electron chi connectivity index (χ0n) is 16.5. The van der Waals surface area contributed by atoms with Gasteiger partial charge in [0.15, 0.2) is 0 Å². The van der Waals surface area contributed by atoms with Crippen LogP contribution in [0.4, 0.5) is 23.0 Å². The first-order chi connectivity index (χ1) is 12.8. The Morgan fingerprint density at radius 2 is 1.44 bits per heavy atom. The van der Waals surface area contributed by atoms with Crippen LogP contribution in [-0.2, 0) is 5.41 Å². The number of ether oxygens (including phenoxy) is 1. The summed E-state index contributed by atoms with van der Waals surface area (Å²) in [6, 6.07) is 18.1. The molecule has 0 unspecified atom stereocenters. The van der Waals surface area contributed by atoms with Crippen molar-refractivity contribution in [3.05, 3.63) is 66.0 Å². The van der Waals surface area contributed by atoms with Crippen LogP contribution in [0.3, 0.4) is 0 Å². The van der Waals surface area contributed by atoms with Crippen molar-refractivity contribution in [3.63, 3.8) is 0 Å². The van der Waals surface area contributed by atoms with E-state index in [2.05, 4.69) is 65.6 Å². The number of rotatable bonds is 5. The smallest absolute Gasteiger partial charge is 0.136 e. The van der Waals surface area contributed by atoms with Gasteiger partial charge < -0.3 is 15.4 Å². The van der Waals surface area contributed by atoms with Crippen molar-refractivity contribution < 1.29 is 4.74 Å². The van der Waals surface area contributed by atoms with Gasteiger partial charge in [-0.3, -0.25) is 0 Å². The van der Waals surface area contributed by atoms with Crippen molar-refractivity contribution in [3.8, 4) is 5.75 Å². The molecule has 0 saturated heterocycles. The van der Waals surface area contributed by atoms with Crippen molar-refractivity contribution in [2.45, 2.75) is 33.1 Å². The van der Waals surface area contributed by atoms with Crippen LogP contribution in [0, 0.1) is 6.92 Å². The van der Waals surface area contributed by atoms with E-state index in [1.165, 1.54) is 5.56 Å². The molecule has 0 aliphatic rings. The summed E-state index contributed by atoms with van der Waals surface area (Å²) in [5, 5.41) is 6.66. The third kappa shape index (κ3) is 4.97. The molecule has 0 aliphatic heterocycles. The van der Waals surface area contributed by atoms with E-state index in [4.69, 9.17) is 4.74 Å². The van der Waals surface area contributed by atoms with E-state index in [9.17, 15) is 0 Å². The molecule has 0 spiro atoms. The molecule has 5 heteroatoms. The summed E-state index contributed by atoms with van der Waals surface area (Å²) in [5.74, 6) is 2.96. The molecule has 0 fully saturated rings. The summed E-state index contributed by atoms with van der Waals surface area (Å²) in [7, 11) is 1.65. The molecule has 2 N–H and O–H groups in total. The predicted molar refractivity (Wildman–Crippen MR) is 111 cm³/mol. The average molecular weight is 362 g/mol. The van der Waals surface area contributed by atoms with Gasteiger partial charge in [-0.25, -0.2) is 9.97 Å². The van der Waals surface area contributed by atoms with E-state index >= 15 is 0 Å². The zero-order chi connectivity index (χ0) is 19.4. The second-order valence-electron chi connectivity index (χ2n) is 7.49. The molecular weight excluding hydrogens is 336 g/mol. The Bertz CT molecular complexity index is 914. The normalized spacial score (nSPS) is 11.1. The van der Waals surface area contributed by atoms with Crippen LogP contribution in [0.15, 0.2) is 54.6 Å². The second-order valence-corrected chi connectivity index (χ2v) is 7.49. The van der Waals surface area contributed by atoms with Gasteiger partial charge in [-0.1, -0.05) is 39.0 Å². The van der Waals surface area contributed by atoms with E-state index in [0.717, 1.165) is 28.8 Å². The molecule has 0 aliphatic carbocycles. The first-order valence-electron chi connectivity index (χ1n) is 8.98. The van der Waals surface area contributed by atoms with E-state index in [1.807, 2.05) is 37.3 Å². The summed E-state index contributed by atoms with van der Waals surface area (Å²) in [4.78, 5) is 8.96. The van der Waals surface area contributed by atoms with Gasteiger partial charge in [0.05, 0.1) is 7.11 Å². The Morgan fingerprint density at radius 1 is 0.815 bits per heavy atom. The molecule has 27 heavy (non-hydrogen) atoms. The Kier molecular flexibility index (Phi) is 5.31. The summed E-state index contributed by atoms with van der Waals surface area (Å²) >= 11 is 0. The number of nitrogens with zero attached hydrogens (tertiary/aromatic N) is 2. The number of hydrogen-bond donors (Lipinski definition) is 2. The predicted octanol–water partition coefficient (Wildman–Crippen LogP) is 5.58. The van der Waals surface area contributed by atoms with Gasteiger partial charge in [-0.15, -0.1) is 0 Å². The highest BCUT2D eigenvalue weighted by Crippen LogP contribution is 2.26. The van der Waals surface area contributed by atoms with Gasteiger partial charge in [0, 0.05) is 23.5 Å². The van der Waals surface area contributed by atoms with E-state index in [1.54, 1.807) is 7.11 Å². The molecule has 0 amide bonds. The molecule has 0 atom stereocenters. The van der Waals surface area contributed by atoms with Crippen LogP contribution in [0.25, 0.3) is 0 Å². The van der Waals surface area contributed by atoms with Crippen molar-refractivity contribution in [1.29, 1.82) is 0 Å². The lowest BCUT2D eigenvalue weighted by atomic mass is 9.87. The maximum Gasteiger partial charge on any atom is 0.136 e. The van der Waals surface area contributed by atoms with Gasteiger partial charge in [0.1, 0.15) is 23.2 Å². The lowest BCUT2D eigenvalue weighted by Gasteiger charge is -2.19. The maximum atomic E-state index is 5.27. The maximum absolute atomic E-state index is 5.27. The summed E-state index contributed by atoms with van der Waals surface area (Å²) in [6.07, 6.45) is 0. The number of aromatic nitrogens is 2. The van der Waals surface area contributed by atoms with Gasteiger partial charge >= 0.3 is 0 Å². The Balaban J connectivity index is 1.78. The summed E-state index contributed by atoms with van der Waals surface area (Å²) in [5.41, 5.74) is 3.34. The number of anilines is 4. The highest BCUT2D eigenvalue weighted by Gasteiger charge is 2.13. The number of hydrogen-bond acceptors (Lipinski definition) is 5. The topological polar surface area (TPSA) is 59.1 Å². The SMILES string of the molecule is COc1cccc(Nc2cc(Nc3ccc(C(C)(C)C)cc3)nc(C)n2)c1. The molecule has 3 aromatic rings. The highest BCUT2D eigenvalue weighted by atomic mass is 16.5. The van der Waals surface area contributed by atoms with Crippen molar-refractivity contribution in [1.82, 2.24) is 9.97 Å². The lowest BCUT2D eigenvalue weighted by Crippen LogP contribution is -2.10. The van der Waals surface area contributed by atoms with Crippen LogP contribution in [0.2, 0.25) is 0 Å². The van der Waals surface area contributed by atoms with Crippen molar-refractivity contribution in [2.24, 2.45) is 0 Å². The lowest BCUT2D eigenvalue weighted by molar-refractivity contribution is 0.415. The van der Waals surface area contributed by atoms with E-state index in [0.29, 0.717) is 5.82 Å². The largest absolute Gasteiger partial charge is 0.497 e. The summed E-state index contributed by atoms with van der Waals surface area (Å²) < 4.78 is 5.27. The van der Waals surface area contributed by atoms with Gasteiger partial charge in [0.2, 0.25) is 0 Å². The first kappa shape index (κ1) is 18.7. The van der Waals surface area contributed by atoms with Crippen LogP contribution < -0.4 is 15.4 Å². The molecule has 2 aromatic carbocycles. The second kappa shape index (κ2) is 7.66. The van der Waals surface area contributed by atoms with Crippen LogP contribution in [0.1, 0.15) is 32.2 Å². The minimum absolute atomic E-state index is 0.137. The third-order valence-electron chi connectivity index (χ3n) is 4.20. The number of nitrogens with one attached hydrogen (secondary N) is 2. The molecule has 0 radical (unpaired) electrons. The molecule has 0 bridgehead atoms. The zero-order valence-corrected chi connectivity index (χ0v) is 16.5. The monoisotopic (exact) mass is 362 g/mol. The van der Waals surface area contributed by atoms with Crippen LogP contribution in [-0.4, -0.2) is 17.1 Å². The van der Waals surface area contributed by atoms with Crippen LogP contribution in [0.5, 0.6) is 5.75 Å². The van der Waals surface area contributed by atoms with Crippen molar-refractivity contribution in [2.75, 3.05) is 17.7 Å². The van der Waals surface area contributed by atoms with Crippen molar-refractivity contribution >= 4 is 23.0 Å². The Morgan fingerprint density at radius 3 is 2.04 bits per heavy atom. The first-order valence-corrected chi connectivity index (χ1v) is 8.98. The fourth-order valence-electron chi connectivity index (χ4n) is 2.75. The van der Waals surface area contributed by atoms with Gasteiger partial charge in [0.25, 0.3) is 0 Å². The van der Waals surface area contributed by atoms with Gasteiger partial charge in [-0.2, -0.15) is 0 Å². The fraction of sp³-hybridized carbons (Fsp3) is 0.273. The molecule has 140 valence electrons. The molecule has 1 heterocycles. The van der Waals surface area contributed by atoms with E-state index in [-0.39, 0.29) is 5.41 Å². The summed E-state index contributed by atoms with van der Waals surface area (Å²) in [6.45, 7) is 8.50. The average Bonchev–Trinajstić information content (AvgIpc) is 2.61. The molecule has 1 aromatic heterocycles. The minimum Gasteiger partial charge on any atom is -0.497 e. The van der Waals surface area contributed by atoms with Crippen LogP contribution >= 0.6 is 0 Å². The minimum atomic E-state index is 0.137. The highest BCUT2D eigenvalue weighted by molar-refractivity contribution is 5.64. The molecular formula is C22H26N4O. The van der Waals surface area contributed by atoms with E-state index < -0.39 is 0 Å². The Hall–Kier alpha value is -3.08. The quantitative estimate of drug-likeness (QED) is 0.620. The standard InChI is InChI=1S/C22H26N4O/c1-15-23-20(25-17-11-9-16(10-12-17)22(2,3)4)14-21(24-15)26-18-7-6-8-19(13-18)27-5/h6-14H,1-5H3,(H2,23,24,25,26). The molecule has 3 rings (SSSR count). The molecule has 0 saturated carbocycles. The fourth-order valence-corrected chi connectivity index (χ4v) is 2.75. The third-order valence-corrected chi connectivity index (χ3v) is 4.20. The number of benzene rings is 2. The Labute approximate surface area is 160 Å². The number of methoxy groups -OCH3 is 1. The number of aryl methyl sites for hydroxylation is 1. The van der Waals surface area contributed by atoms with Gasteiger partial charge in [-0.05, 0) is 42.2 Å².